The summed E-state index contributed by atoms with van der Waals surface area (Å²) in [7, 11) is 0. The van der Waals surface area contributed by atoms with Crippen molar-refractivity contribution in [1.82, 2.24) is 40.7 Å². The molecule has 1 amide bonds. The molecule has 0 aliphatic heterocycles. The van der Waals surface area contributed by atoms with Gasteiger partial charge in [0.1, 0.15) is 12.4 Å². The summed E-state index contributed by atoms with van der Waals surface area (Å²) in [5, 5.41) is 18.1. The monoisotopic (exact) mass is 671 g/mol. The van der Waals surface area contributed by atoms with E-state index < -0.39 is 6.09 Å². The van der Waals surface area contributed by atoms with Gasteiger partial charge in [0.25, 0.3) is 0 Å². The van der Waals surface area contributed by atoms with E-state index in [1.807, 2.05) is 60.7 Å². The highest BCUT2D eigenvalue weighted by atomic mass is 16.5. The molecular formula is C39H45N9O2. The topological polar surface area (TPSA) is 166 Å². The van der Waals surface area contributed by atoms with Crippen LogP contribution in [0, 0.1) is 11.8 Å². The number of hydrogen-bond donors (Lipinski definition) is 6. The number of nitrogens with zero attached hydrogens (tertiary/aromatic N) is 3. The number of benzene rings is 3. The molecule has 0 saturated heterocycles. The van der Waals surface area contributed by atoms with Crippen LogP contribution in [0.25, 0.3) is 44.5 Å². The molecule has 0 aliphatic carbocycles. The second kappa shape index (κ2) is 15.7. The number of nitrogens with one attached hydrogen (secondary N) is 5. The summed E-state index contributed by atoms with van der Waals surface area (Å²) in [6.07, 6.45) is 4.76. The standard InChI is InChI=1S/C23H25N5O2.C16H20N4/c1-15(2)12-21(27-23(29)30-14-16-6-4-3-5-7-16)22-25-19-9-8-17(13-20(19)26-22)18-10-11-24-28-18;1-10(2)7-13(17)16-9-12-8-11(3-4-14(12)19-16)15-5-6-18-20-15/h3-11,13,15,21H,12,14H2,1-2H3,(H,24,28)(H,25,26)(H,27,29);3-6,8-10,13,19H,7,17H2,1-2H3,(H,18,20)/t21-;13-/m11/s1. The minimum Gasteiger partial charge on any atom is -0.445 e. The Labute approximate surface area is 291 Å². The van der Waals surface area contributed by atoms with E-state index in [4.69, 9.17) is 15.5 Å². The van der Waals surface area contributed by atoms with Crippen molar-refractivity contribution in [2.24, 2.45) is 17.6 Å². The lowest BCUT2D eigenvalue weighted by molar-refractivity contribution is 0.134. The number of aromatic amines is 4. The average molecular weight is 672 g/mol. The summed E-state index contributed by atoms with van der Waals surface area (Å²) in [5.74, 6) is 1.69. The van der Waals surface area contributed by atoms with Gasteiger partial charge in [-0.05, 0) is 72.7 Å². The number of amides is 1. The van der Waals surface area contributed by atoms with Crippen LogP contribution < -0.4 is 11.1 Å². The van der Waals surface area contributed by atoms with Crippen LogP contribution in [0.15, 0.2) is 97.3 Å². The normalized spacial score (nSPS) is 12.6. The molecule has 258 valence electrons. The number of aromatic nitrogens is 7. The molecule has 7 aromatic rings. The fourth-order valence-corrected chi connectivity index (χ4v) is 5.97. The van der Waals surface area contributed by atoms with E-state index in [-0.39, 0.29) is 18.7 Å². The third kappa shape index (κ3) is 8.66. The van der Waals surface area contributed by atoms with Gasteiger partial charge in [-0.25, -0.2) is 9.78 Å². The first kappa shape index (κ1) is 34.2. The predicted molar refractivity (Wildman–Crippen MR) is 198 cm³/mol. The van der Waals surface area contributed by atoms with Gasteiger partial charge in [0.2, 0.25) is 0 Å². The molecule has 11 heteroatoms. The zero-order valence-corrected chi connectivity index (χ0v) is 28.9. The first-order chi connectivity index (χ1) is 24.2. The van der Waals surface area contributed by atoms with Gasteiger partial charge in [-0.15, -0.1) is 0 Å². The second-order valence-electron chi connectivity index (χ2n) is 13.4. The molecule has 2 atom stereocenters. The number of fused-ring (bicyclic) bond motifs is 2. The van der Waals surface area contributed by atoms with Crippen molar-refractivity contribution in [3.05, 3.63) is 114 Å². The zero-order chi connectivity index (χ0) is 35.0. The van der Waals surface area contributed by atoms with Gasteiger partial charge in [0.15, 0.2) is 0 Å². The third-order valence-corrected chi connectivity index (χ3v) is 8.43. The minimum atomic E-state index is -0.455. The number of H-pyrrole nitrogens is 4. The van der Waals surface area contributed by atoms with Gasteiger partial charge in [0, 0.05) is 46.2 Å². The summed E-state index contributed by atoms with van der Waals surface area (Å²) in [4.78, 5) is 23.9. The van der Waals surface area contributed by atoms with Gasteiger partial charge >= 0.3 is 6.09 Å². The van der Waals surface area contributed by atoms with E-state index in [1.165, 1.54) is 5.39 Å². The maximum Gasteiger partial charge on any atom is 0.408 e. The van der Waals surface area contributed by atoms with Gasteiger partial charge in [-0.2, -0.15) is 10.2 Å². The number of carbonyl (C=O) groups excluding carboxylic acids is 1. The number of nitrogens with two attached hydrogens (primary N) is 1. The average Bonchev–Trinajstić information content (AvgIpc) is 3.93. The van der Waals surface area contributed by atoms with Crippen LogP contribution in [0.5, 0.6) is 0 Å². The van der Waals surface area contributed by atoms with Crippen LogP contribution >= 0.6 is 0 Å². The fraction of sp³-hybridized carbons (Fsp3) is 0.282. The largest absolute Gasteiger partial charge is 0.445 e. The molecule has 0 fully saturated rings. The van der Waals surface area contributed by atoms with E-state index in [2.05, 4.69) is 87.6 Å². The molecule has 4 aromatic heterocycles. The van der Waals surface area contributed by atoms with Crippen LogP contribution in [0.1, 0.15) is 69.7 Å². The van der Waals surface area contributed by atoms with Crippen molar-refractivity contribution in [3.63, 3.8) is 0 Å². The molecule has 0 unspecified atom stereocenters. The first-order valence-electron chi connectivity index (χ1n) is 17.1. The van der Waals surface area contributed by atoms with Crippen molar-refractivity contribution in [1.29, 1.82) is 0 Å². The van der Waals surface area contributed by atoms with Gasteiger partial charge in [-0.1, -0.05) is 70.2 Å². The maximum atomic E-state index is 12.4. The number of hydrogen-bond acceptors (Lipinski definition) is 6. The van der Waals surface area contributed by atoms with Gasteiger partial charge in [0.05, 0.1) is 28.5 Å². The quantitative estimate of drug-likeness (QED) is 0.0806. The van der Waals surface area contributed by atoms with E-state index >= 15 is 0 Å². The molecule has 11 nitrogen and oxygen atoms in total. The Balaban J connectivity index is 0.000000187. The van der Waals surface area contributed by atoms with Crippen molar-refractivity contribution in [2.45, 2.75) is 59.2 Å². The van der Waals surface area contributed by atoms with Crippen LogP contribution in [0.3, 0.4) is 0 Å². The van der Waals surface area contributed by atoms with E-state index in [0.717, 1.165) is 69.0 Å². The highest BCUT2D eigenvalue weighted by Gasteiger charge is 2.21. The molecule has 0 radical (unpaired) electrons. The summed E-state index contributed by atoms with van der Waals surface area (Å²) < 4.78 is 5.40. The van der Waals surface area contributed by atoms with Crippen molar-refractivity contribution in [2.75, 3.05) is 0 Å². The Morgan fingerprint density at radius 2 is 1.46 bits per heavy atom. The summed E-state index contributed by atoms with van der Waals surface area (Å²) in [5.41, 5.74) is 15.3. The predicted octanol–water partition coefficient (Wildman–Crippen LogP) is 8.57. The molecular weight excluding hydrogens is 626 g/mol. The number of ether oxygens (including phenoxy) is 1. The Hall–Kier alpha value is -5.68. The third-order valence-electron chi connectivity index (χ3n) is 8.43. The first-order valence-corrected chi connectivity index (χ1v) is 17.1. The van der Waals surface area contributed by atoms with Crippen molar-refractivity contribution in [3.8, 4) is 22.5 Å². The molecule has 4 heterocycles. The number of imidazole rings is 1. The van der Waals surface area contributed by atoms with E-state index in [0.29, 0.717) is 11.8 Å². The minimum absolute atomic E-state index is 0.0676. The summed E-state index contributed by atoms with van der Waals surface area (Å²) in [6, 6.07) is 27.8. The van der Waals surface area contributed by atoms with Crippen molar-refractivity contribution < 1.29 is 9.53 Å². The highest BCUT2D eigenvalue weighted by Crippen LogP contribution is 2.28. The fourth-order valence-electron chi connectivity index (χ4n) is 5.97. The Morgan fingerprint density at radius 3 is 2.12 bits per heavy atom. The van der Waals surface area contributed by atoms with Crippen LogP contribution in [-0.4, -0.2) is 41.4 Å². The molecule has 7 rings (SSSR count). The molecule has 7 N–H and O–H groups in total. The molecule has 0 bridgehead atoms. The highest BCUT2D eigenvalue weighted by molar-refractivity contribution is 5.85. The van der Waals surface area contributed by atoms with Crippen LogP contribution in [0.4, 0.5) is 4.79 Å². The lowest BCUT2D eigenvalue weighted by Crippen LogP contribution is -2.30. The van der Waals surface area contributed by atoms with Crippen LogP contribution in [-0.2, 0) is 11.3 Å². The number of carbonyl (C=O) groups is 1. The molecule has 0 aliphatic rings. The number of alkyl carbamates (subject to hydrolysis) is 1. The van der Waals surface area contributed by atoms with Gasteiger partial charge < -0.3 is 25.8 Å². The summed E-state index contributed by atoms with van der Waals surface area (Å²) >= 11 is 0. The Bertz CT molecular complexity index is 2100. The second-order valence-corrected chi connectivity index (χ2v) is 13.4. The maximum absolute atomic E-state index is 12.4. The molecule has 0 saturated carbocycles. The molecule has 50 heavy (non-hydrogen) atoms. The SMILES string of the molecule is CC(C)C[C@@H](N)c1cc2cc(-c3ccn[nH]3)ccc2[nH]1.CC(C)C[C@@H](NC(=O)OCc1ccccc1)c1nc2ccc(-c3ccn[nH]3)cc2[nH]1. The Morgan fingerprint density at radius 1 is 0.780 bits per heavy atom. The van der Waals surface area contributed by atoms with Crippen LogP contribution in [0.2, 0.25) is 0 Å². The van der Waals surface area contributed by atoms with E-state index in [9.17, 15) is 4.79 Å². The molecule has 3 aromatic carbocycles. The summed E-state index contributed by atoms with van der Waals surface area (Å²) in [6.45, 7) is 8.85. The molecule has 0 spiro atoms. The van der Waals surface area contributed by atoms with Crippen molar-refractivity contribution >= 4 is 28.0 Å². The number of rotatable bonds is 11. The lowest BCUT2D eigenvalue weighted by atomic mass is 10.0. The van der Waals surface area contributed by atoms with E-state index in [1.54, 1.807) is 12.4 Å². The zero-order valence-electron chi connectivity index (χ0n) is 28.9. The smallest absolute Gasteiger partial charge is 0.408 e. The Kier molecular flexibility index (Phi) is 10.7. The van der Waals surface area contributed by atoms with Gasteiger partial charge in [-0.3, -0.25) is 10.2 Å². The lowest BCUT2D eigenvalue weighted by Gasteiger charge is -2.18.